The van der Waals surface area contributed by atoms with Crippen LogP contribution in [-0.2, 0) is 26.2 Å². The molecule has 0 spiro atoms. The van der Waals surface area contributed by atoms with Gasteiger partial charge in [0.25, 0.3) is 5.56 Å². The Bertz CT molecular complexity index is 1470. The molecular formula is C38H56ClN7O5. The lowest BCUT2D eigenvalue weighted by Gasteiger charge is -2.37. The number of aryl methyl sites for hydroxylation is 1. The standard InChI is InChI=1S/C28H43N7O4.C6H5Cl.C4H8O/c1-20-4-6-22(7-5-20)35(19-36)23-16-24(28(39)32-14-12-30(2)13-15-32)34(18-23)27(38)21-10-11-33(17-21)25-8-9-26(37)31(3)29-25;7-6-4-2-1-3-5-6;1-2-4-5-3-1/h8-9,19-24H,4-7,10-18H2,1-3H3;1-5H;1-4H2. The third-order valence-corrected chi connectivity index (χ3v) is 11.2. The minimum Gasteiger partial charge on any atom is -0.381 e. The minimum absolute atomic E-state index is 0.0108. The second-order valence-electron chi connectivity index (χ2n) is 14.7. The molecule has 12 nitrogen and oxygen atoms in total. The lowest BCUT2D eigenvalue weighted by atomic mass is 9.86. The number of nitrogens with zero attached hydrogens (tertiary/aromatic N) is 7. The van der Waals surface area contributed by atoms with Crippen molar-refractivity contribution in [1.29, 1.82) is 0 Å². The Morgan fingerprint density at radius 1 is 0.863 bits per heavy atom. The zero-order valence-corrected chi connectivity index (χ0v) is 31.3. The van der Waals surface area contributed by atoms with E-state index in [-0.39, 0.29) is 35.4 Å². The molecule has 13 heteroatoms. The molecule has 5 fully saturated rings. The highest BCUT2D eigenvalue weighted by molar-refractivity contribution is 6.30. The van der Waals surface area contributed by atoms with Crippen molar-refractivity contribution in [2.75, 3.05) is 71.0 Å². The van der Waals surface area contributed by atoms with Crippen LogP contribution in [-0.4, -0.2) is 132 Å². The van der Waals surface area contributed by atoms with Gasteiger partial charge in [-0.05, 0) is 82.5 Å². The van der Waals surface area contributed by atoms with Gasteiger partial charge < -0.3 is 29.2 Å². The van der Waals surface area contributed by atoms with Crippen molar-refractivity contribution in [3.05, 3.63) is 57.8 Å². The quantitative estimate of drug-likeness (QED) is 0.417. The number of ether oxygens (including phenoxy) is 1. The Kier molecular flexibility index (Phi) is 14.3. The second-order valence-corrected chi connectivity index (χ2v) is 15.1. The van der Waals surface area contributed by atoms with Gasteiger partial charge in [-0.1, -0.05) is 36.7 Å². The smallest absolute Gasteiger partial charge is 0.266 e. The molecular weight excluding hydrogens is 670 g/mol. The summed E-state index contributed by atoms with van der Waals surface area (Å²) in [6.45, 7) is 8.79. The number of hydrogen-bond donors (Lipinski definition) is 0. The van der Waals surface area contributed by atoms with Crippen molar-refractivity contribution in [3.8, 4) is 0 Å². The van der Waals surface area contributed by atoms with Gasteiger partial charge in [-0.15, -0.1) is 0 Å². The number of halogens is 1. The molecule has 7 rings (SSSR count). The number of rotatable bonds is 6. The summed E-state index contributed by atoms with van der Waals surface area (Å²) in [5, 5.41) is 5.15. The Morgan fingerprint density at radius 3 is 2.12 bits per heavy atom. The average Bonchev–Trinajstić information content (AvgIpc) is 3.95. The summed E-state index contributed by atoms with van der Waals surface area (Å²) in [6.07, 6.45) is 8.84. The fourth-order valence-electron chi connectivity index (χ4n) is 7.74. The van der Waals surface area contributed by atoms with Crippen molar-refractivity contribution < 1.29 is 19.1 Å². The number of benzene rings is 1. The summed E-state index contributed by atoms with van der Waals surface area (Å²) in [5.41, 5.74) is -0.175. The molecule has 0 bridgehead atoms. The van der Waals surface area contributed by atoms with Crippen molar-refractivity contribution in [2.24, 2.45) is 18.9 Å². The zero-order chi connectivity index (χ0) is 36.3. The van der Waals surface area contributed by atoms with Crippen molar-refractivity contribution in [3.63, 3.8) is 0 Å². The van der Waals surface area contributed by atoms with Gasteiger partial charge in [0.05, 0.1) is 12.0 Å². The number of carbonyl (C=O) groups excluding carboxylic acids is 3. The highest BCUT2D eigenvalue weighted by Gasteiger charge is 2.47. The summed E-state index contributed by atoms with van der Waals surface area (Å²) in [4.78, 5) is 61.8. The number of amides is 3. The summed E-state index contributed by atoms with van der Waals surface area (Å²) in [5.74, 6) is 1.09. The molecule has 280 valence electrons. The van der Waals surface area contributed by atoms with Crippen LogP contribution in [0.3, 0.4) is 0 Å². The number of piperazine rings is 1. The first-order valence-corrected chi connectivity index (χ1v) is 19.1. The molecule has 3 amide bonds. The molecule has 3 unspecified atom stereocenters. The molecule has 51 heavy (non-hydrogen) atoms. The Labute approximate surface area is 307 Å². The van der Waals surface area contributed by atoms with Crippen molar-refractivity contribution in [1.82, 2.24) is 29.4 Å². The van der Waals surface area contributed by atoms with Gasteiger partial charge in [0.2, 0.25) is 18.2 Å². The summed E-state index contributed by atoms with van der Waals surface area (Å²) in [6, 6.07) is 12.1. The van der Waals surface area contributed by atoms with Gasteiger partial charge in [0, 0.05) is 83.2 Å². The van der Waals surface area contributed by atoms with Crippen LogP contribution in [0.4, 0.5) is 5.82 Å². The molecule has 0 N–H and O–H groups in total. The maximum absolute atomic E-state index is 14.0. The average molecular weight is 726 g/mol. The van der Waals surface area contributed by atoms with Gasteiger partial charge in [-0.2, -0.15) is 5.10 Å². The van der Waals surface area contributed by atoms with Crippen LogP contribution in [0.25, 0.3) is 0 Å². The van der Waals surface area contributed by atoms with E-state index in [1.54, 1.807) is 18.0 Å². The minimum atomic E-state index is -0.541. The van der Waals surface area contributed by atoms with Gasteiger partial charge in [0.1, 0.15) is 11.9 Å². The van der Waals surface area contributed by atoms with Crippen LogP contribution in [0.2, 0.25) is 5.02 Å². The molecule has 3 atom stereocenters. The molecule has 1 aromatic carbocycles. The van der Waals surface area contributed by atoms with Gasteiger partial charge >= 0.3 is 0 Å². The van der Waals surface area contributed by atoms with Crippen LogP contribution < -0.4 is 10.5 Å². The Balaban J connectivity index is 0.000000353. The van der Waals surface area contributed by atoms with E-state index >= 15 is 0 Å². The van der Waals surface area contributed by atoms with Crippen LogP contribution >= 0.6 is 11.6 Å². The number of anilines is 1. The van der Waals surface area contributed by atoms with E-state index in [4.69, 9.17) is 16.3 Å². The molecule has 5 aliphatic rings. The Morgan fingerprint density at radius 2 is 1.55 bits per heavy atom. The van der Waals surface area contributed by atoms with Crippen LogP contribution in [0.5, 0.6) is 0 Å². The van der Waals surface area contributed by atoms with Crippen molar-refractivity contribution >= 4 is 35.6 Å². The number of carbonyl (C=O) groups is 3. The molecule has 2 aromatic rings. The van der Waals surface area contributed by atoms with Gasteiger partial charge in [0.15, 0.2) is 0 Å². The van der Waals surface area contributed by atoms with E-state index in [0.29, 0.717) is 57.3 Å². The first-order chi connectivity index (χ1) is 24.6. The predicted molar refractivity (Wildman–Crippen MR) is 199 cm³/mol. The van der Waals surface area contributed by atoms with Crippen LogP contribution in [0, 0.1) is 11.8 Å². The summed E-state index contributed by atoms with van der Waals surface area (Å²) >= 11 is 5.54. The number of aromatic nitrogens is 2. The number of likely N-dealkylation sites (N-methyl/N-ethyl adjacent to an activating group) is 1. The van der Waals surface area contributed by atoms with E-state index in [1.807, 2.05) is 45.0 Å². The maximum Gasteiger partial charge on any atom is 0.266 e. The monoisotopic (exact) mass is 725 g/mol. The van der Waals surface area contributed by atoms with E-state index in [2.05, 4.69) is 24.0 Å². The number of hydrogen-bond acceptors (Lipinski definition) is 8. The van der Waals surface area contributed by atoms with Crippen LogP contribution in [0.1, 0.15) is 58.3 Å². The number of likely N-dealkylation sites (tertiary alicyclic amines) is 1. The van der Waals surface area contributed by atoms with Crippen molar-refractivity contribution in [2.45, 2.75) is 76.4 Å². The lowest BCUT2D eigenvalue weighted by molar-refractivity contribution is -0.146. The highest BCUT2D eigenvalue weighted by Crippen LogP contribution is 2.33. The topological polar surface area (TPSA) is 112 Å². The first-order valence-electron chi connectivity index (χ1n) is 18.7. The molecule has 5 heterocycles. The normalized spacial score (nSPS) is 26.5. The fraction of sp³-hybridized carbons (Fsp3) is 0.658. The molecule has 4 saturated heterocycles. The van der Waals surface area contributed by atoms with E-state index < -0.39 is 6.04 Å². The van der Waals surface area contributed by atoms with E-state index in [1.165, 1.54) is 23.6 Å². The molecule has 1 aliphatic carbocycles. The largest absolute Gasteiger partial charge is 0.381 e. The fourth-order valence-corrected chi connectivity index (χ4v) is 7.89. The highest BCUT2D eigenvalue weighted by atomic mass is 35.5. The summed E-state index contributed by atoms with van der Waals surface area (Å²) < 4.78 is 6.25. The third-order valence-electron chi connectivity index (χ3n) is 11.0. The summed E-state index contributed by atoms with van der Waals surface area (Å²) in [7, 11) is 3.68. The Hall–Kier alpha value is -3.48. The van der Waals surface area contributed by atoms with Gasteiger partial charge in [-0.25, -0.2) is 4.68 Å². The second kappa shape index (κ2) is 18.8. The predicted octanol–water partition coefficient (Wildman–Crippen LogP) is 3.52. The van der Waals surface area contributed by atoms with Gasteiger partial charge in [-0.3, -0.25) is 19.2 Å². The molecule has 1 aromatic heterocycles. The SMILES string of the molecule is C1CCOC1.CC1CCC(N(C=O)C2CC(C(=O)N3CCN(C)CC3)N(C(=O)C3CCN(c4ccc(=O)n(C)n4)C3)C2)CC1.Clc1ccccc1. The van der Waals surface area contributed by atoms with E-state index in [0.717, 1.165) is 63.4 Å². The van der Waals surface area contributed by atoms with E-state index in [9.17, 15) is 19.2 Å². The first kappa shape index (κ1) is 38.7. The molecule has 0 radical (unpaired) electrons. The molecule has 4 aliphatic heterocycles. The maximum atomic E-state index is 14.0. The molecule has 1 saturated carbocycles. The lowest BCUT2D eigenvalue weighted by Crippen LogP contribution is -2.54. The van der Waals surface area contributed by atoms with Crippen LogP contribution in [0.15, 0.2) is 47.3 Å². The zero-order valence-electron chi connectivity index (χ0n) is 30.6. The third kappa shape index (κ3) is 10.5.